The van der Waals surface area contributed by atoms with Crippen LogP contribution in [-0.2, 0) is 20.0 Å². The first-order valence-electron chi connectivity index (χ1n) is 9.91. The highest BCUT2D eigenvalue weighted by molar-refractivity contribution is 5.96. The van der Waals surface area contributed by atoms with Gasteiger partial charge in [-0.25, -0.2) is 9.37 Å². The van der Waals surface area contributed by atoms with Crippen molar-refractivity contribution in [2.75, 3.05) is 6.54 Å². The molecule has 0 aliphatic rings. The van der Waals surface area contributed by atoms with E-state index in [1.807, 2.05) is 66.5 Å². The van der Waals surface area contributed by atoms with Gasteiger partial charge < -0.3 is 9.88 Å². The van der Waals surface area contributed by atoms with E-state index in [0.717, 1.165) is 22.6 Å². The van der Waals surface area contributed by atoms with Crippen LogP contribution in [0.15, 0.2) is 48.5 Å². The van der Waals surface area contributed by atoms with Crippen LogP contribution in [0, 0.1) is 19.7 Å². The number of hydrogen-bond acceptors (Lipinski definition) is 3. The molecule has 30 heavy (non-hydrogen) atoms. The number of benzene rings is 2. The highest BCUT2D eigenvalue weighted by Crippen LogP contribution is 2.18. The Kier molecular flexibility index (Phi) is 5.35. The van der Waals surface area contributed by atoms with Crippen molar-refractivity contribution in [1.82, 2.24) is 24.6 Å². The molecule has 1 N–H and O–H groups in total. The van der Waals surface area contributed by atoms with Gasteiger partial charge in [-0.3, -0.25) is 9.48 Å². The quantitative estimate of drug-likeness (QED) is 0.534. The van der Waals surface area contributed by atoms with Gasteiger partial charge in [0, 0.05) is 25.7 Å². The number of fused-ring (bicyclic) bond motifs is 1. The molecular formula is C23H24FN5O. The van der Waals surface area contributed by atoms with Gasteiger partial charge in [-0.1, -0.05) is 36.4 Å². The Balaban J connectivity index is 1.45. The lowest BCUT2D eigenvalue weighted by atomic mass is 10.1. The van der Waals surface area contributed by atoms with Gasteiger partial charge in [-0.2, -0.15) is 5.10 Å². The number of nitrogens with zero attached hydrogens (tertiary/aromatic N) is 4. The maximum atomic E-state index is 13.9. The van der Waals surface area contributed by atoms with Gasteiger partial charge in [0.1, 0.15) is 11.3 Å². The van der Waals surface area contributed by atoms with Gasteiger partial charge in [0.15, 0.2) is 5.82 Å². The van der Waals surface area contributed by atoms with E-state index in [-0.39, 0.29) is 11.7 Å². The molecule has 0 radical (unpaired) electrons. The van der Waals surface area contributed by atoms with Gasteiger partial charge >= 0.3 is 0 Å². The lowest BCUT2D eigenvalue weighted by Gasteiger charge is -2.07. The first-order chi connectivity index (χ1) is 14.5. The van der Waals surface area contributed by atoms with Crippen LogP contribution in [0.25, 0.3) is 11.0 Å². The summed E-state index contributed by atoms with van der Waals surface area (Å²) in [6.07, 6.45) is 0.507. The van der Waals surface area contributed by atoms with E-state index in [9.17, 15) is 9.18 Å². The lowest BCUT2D eigenvalue weighted by Crippen LogP contribution is -2.27. The molecule has 0 bridgehead atoms. The molecule has 4 rings (SSSR count). The zero-order valence-electron chi connectivity index (χ0n) is 17.3. The minimum atomic E-state index is -0.338. The van der Waals surface area contributed by atoms with Crippen LogP contribution in [0.3, 0.4) is 0 Å². The van der Waals surface area contributed by atoms with Crippen molar-refractivity contribution in [2.45, 2.75) is 26.8 Å². The number of aryl methyl sites for hydroxylation is 2. The Morgan fingerprint density at radius 3 is 2.60 bits per heavy atom. The molecule has 6 nitrogen and oxygen atoms in total. The van der Waals surface area contributed by atoms with Crippen LogP contribution in [0.1, 0.15) is 33.1 Å². The Morgan fingerprint density at radius 1 is 1.10 bits per heavy atom. The normalized spacial score (nSPS) is 11.2. The first-order valence-corrected chi connectivity index (χ1v) is 9.91. The van der Waals surface area contributed by atoms with Crippen molar-refractivity contribution >= 4 is 16.9 Å². The fourth-order valence-electron chi connectivity index (χ4n) is 3.76. The summed E-state index contributed by atoms with van der Waals surface area (Å²) < 4.78 is 17.7. The van der Waals surface area contributed by atoms with Gasteiger partial charge in [0.05, 0.1) is 23.3 Å². The van der Waals surface area contributed by atoms with Gasteiger partial charge in [-0.05, 0) is 31.5 Å². The molecule has 0 aliphatic heterocycles. The average Bonchev–Trinajstić information content (AvgIpc) is 3.20. The molecular weight excluding hydrogens is 381 g/mol. The summed E-state index contributed by atoms with van der Waals surface area (Å²) in [7, 11) is 1.85. The summed E-state index contributed by atoms with van der Waals surface area (Å²) >= 11 is 0. The van der Waals surface area contributed by atoms with E-state index in [4.69, 9.17) is 0 Å². The van der Waals surface area contributed by atoms with Gasteiger partial charge in [-0.15, -0.1) is 0 Å². The zero-order chi connectivity index (χ0) is 21.3. The number of carbonyl (C=O) groups is 1. The molecule has 2 aromatic carbocycles. The largest absolute Gasteiger partial charge is 0.351 e. The van der Waals surface area contributed by atoms with E-state index < -0.39 is 0 Å². The molecule has 2 heterocycles. The molecule has 0 spiro atoms. The monoisotopic (exact) mass is 405 g/mol. The Morgan fingerprint density at radius 2 is 1.87 bits per heavy atom. The number of hydrogen-bond donors (Lipinski definition) is 1. The van der Waals surface area contributed by atoms with E-state index >= 15 is 0 Å². The van der Waals surface area contributed by atoms with E-state index in [1.165, 1.54) is 6.07 Å². The Bertz CT molecular complexity index is 1210. The number of halogens is 1. The predicted octanol–water partition coefficient (Wildman–Crippen LogP) is 3.55. The van der Waals surface area contributed by atoms with E-state index in [1.54, 1.807) is 6.07 Å². The highest BCUT2D eigenvalue weighted by atomic mass is 19.1. The van der Waals surface area contributed by atoms with Crippen molar-refractivity contribution in [3.05, 3.63) is 82.7 Å². The van der Waals surface area contributed by atoms with Crippen LogP contribution in [0.2, 0.25) is 0 Å². The fourth-order valence-corrected chi connectivity index (χ4v) is 3.76. The third-order valence-corrected chi connectivity index (χ3v) is 5.37. The minimum Gasteiger partial charge on any atom is -0.351 e. The van der Waals surface area contributed by atoms with Crippen LogP contribution in [0.4, 0.5) is 4.39 Å². The predicted molar refractivity (Wildman–Crippen MR) is 114 cm³/mol. The van der Waals surface area contributed by atoms with Crippen molar-refractivity contribution in [2.24, 2.45) is 7.05 Å². The highest BCUT2D eigenvalue weighted by Gasteiger charge is 2.19. The maximum absolute atomic E-state index is 13.9. The summed E-state index contributed by atoms with van der Waals surface area (Å²) in [5.74, 6) is 0.230. The minimum absolute atomic E-state index is 0.158. The van der Waals surface area contributed by atoms with Crippen molar-refractivity contribution in [3.8, 4) is 0 Å². The SMILES string of the molecule is Cc1nn(Cc2ccccc2)c(C)c1C(=O)NCCc1nc2c(F)cccc2n1C. The molecule has 0 unspecified atom stereocenters. The van der Waals surface area contributed by atoms with E-state index in [0.29, 0.717) is 36.3 Å². The second-order valence-electron chi connectivity index (χ2n) is 7.39. The van der Waals surface area contributed by atoms with Gasteiger partial charge in [0.2, 0.25) is 0 Å². The summed E-state index contributed by atoms with van der Waals surface area (Å²) in [5, 5.41) is 7.50. The summed E-state index contributed by atoms with van der Waals surface area (Å²) in [5.41, 5.74) is 4.36. The molecule has 4 aromatic rings. The van der Waals surface area contributed by atoms with Gasteiger partial charge in [0.25, 0.3) is 5.91 Å². The lowest BCUT2D eigenvalue weighted by molar-refractivity contribution is 0.0952. The van der Waals surface area contributed by atoms with Crippen LogP contribution < -0.4 is 5.32 Å². The Hall–Kier alpha value is -3.48. The third-order valence-electron chi connectivity index (χ3n) is 5.37. The maximum Gasteiger partial charge on any atom is 0.255 e. The molecule has 0 aliphatic carbocycles. The van der Waals surface area contributed by atoms with Crippen molar-refractivity contribution in [1.29, 1.82) is 0 Å². The molecule has 2 aromatic heterocycles. The van der Waals surface area contributed by atoms with Crippen molar-refractivity contribution in [3.63, 3.8) is 0 Å². The topological polar surface area (TPSA) is 64.7 Å². The number of nitrogens with one attached hydrogen (secondary N) is 1. The summed E-state index contributed by atoms with van der Waals surface area (Å²) in [6.45, 7) is 4.77. The summed E-state index contributed by atoms with van der Waals surface area (Å²) in [6, 6.07) is 14.9. The van der Waals surface area contributed by atoms with Crippen LogP contribution >= 0.6 is 0 Å². The number of rotatable bonds is 6. The molecule has 0 saturated carbocycles. The van der Waals surface area contributed by atoms with Crippen LogP contribution in [0.5, 0.6) is 0 Å². The van der Waals surface area contributed by atoms with Crippen LogP contribution in [-0.4, -0.2) is 31.8 Å². The Labute approximate surface area is 174 Å². The molecule has 0 atom stereocenters. The number of amides is 1. The molecule has 0 saturated heterocycles. The summed E-state index contributed by atoms with van der Waals surface area (Å²) in [4.78, 5) is 17.2. The molecule has 1 amide bonds. The number of carbonyl (C=O) groups excluding carboxylic acids is 1. The molecule has 154 valence electrons. The number of imidazole rings is 1. The smallest absolute Gasteiger partial charge is 0.255 e. The average molecular weight is 405 g/mol. The van der Waals surface area contributed by atoms with E-state index in [2.05, 4.69) is 15.4 Å². The number of para-hydroxylation sites is 1. The molecule has 7 heteroatoms. The first kappa shape index (κ1) is 19.8. The second kappa shape index (κ2) is 8.10. The fraction of sp³-hybridized carbons (Fsp3) is 0.261. The standard InChI is InChI=1S/C23H24FN5O/c1-15-21(16(2)29(27-15)14-17-8-5-4-6-9-17)23(30)25-13-12-20-26-22-18(24)10-7-11-19(22)28(20)3/h4-11H,12-14H2,1-3H3,(H,25,30). The zero-order valence-corrected chi connectivity index (χ0v) is 17.3. The second-order valence-corrected chi connectivity index (χ2v) is 7.39. The number of aromatic nitrogens is 4. The molecule has 0 fully saturated rings. The van der Waals surface area contributed by atoms with Crippen molar-refractivity contribution < 1.29 is 9.18 Å². The third kappa shape index (κ3) is 3.70.